The van der Waals surface area contributed by atoms with Crippen molar-refractivity contribution in [2.45, 2.75) is 72.2 Å². The Bertz CT molecular complexity index is 726. The van der Waals surface area contributed by atoms with E-state index in [9.17, 15) is 4.79 Å². The standard InChI is InChI=1S/C18H26BClN2O5.C3H8/c1-17(2,3)26-16(23)22-6-7-24-13(10-22)12-8-14(21-15(20)9-12)19-25-11-18(4,5)27-19;1-3-2/h8-9,13H,6-7,10-11H2,1-5H3;3H2,1-2H3. The van der Waals surface area contributed by atoms with E-state index < -0.39 is 12.7 Å². The predicted octanol–water partition coefficient (Wildman–Crippen LogP) is 3.98. The number of hydrogen-bond acceptors (Lipinski definition) is 6. The fourth-order valence-electron chi connectivity index (χ4n) is 2.97. The molecule has 0 bridgehead atoms. The Kier molecular flexibility index (Phi) is 8.56. The van der Waals surface area contributed by atoms with Gasteiger partial charge in [-0.15, -0.1) is 0 Å². The molecule has 30 heavy (non-hydrogen) atoms. The zero-order valence-electron chi connectivity index (χ0n) is 19.2. The van der Waals surface area contributed by atoms with Crippen LogP contribution < -0.4 is 5.59 Å². The lowest BCUT2D eigenvalue weighted by molar-refractivity contribution is -0.0432. The zero-order valence-corrected chi connectivity index (χ0v) is 19.9. The van der Waals surface area contributed by atoms with E-state index in [1.165, 1.54) is 6.42 Å². The number of morpholine rings is 1. The van der Waals surface area contributed by atoms with Crippen LogP contribution in [0.3, 0.4) is 0 Å². The van der Waals surface area contributed by atoms with Crippen LogP contribution in [0.5, 0.6) is 0 Å². The molecule has 2 saturated heterocycles. The van der Waals surface area contributed by atoms with Crippen LogP contribution in [0.15, 0.2) is 12.1 Å². The fraction of sp³-hybridized carbons (Fsp3) is 0.714. The number of halogens is 1. The first kappa shape index (κ1) is 24.9. The molecule has 3 rings (SSSR count). The molecular formula is C21H34BClN2O5. The van der Waals surface area contributed by atoms with Crippen molar-refractivity contribution in [3.63, 3.8) is 0 Å². The Morgan fingerprint density at radius 3 is 2.60 bits per heavy atom. The second-order valence-corrected chi connectivity index (χ2v) is 9.55. The van der Waals surface area contributed by atoms with Gasteiger partial charge in [0.05, 0.1) is 31.0 Å². The number of ether oxygens (including phenoxy) is 2. The summed E-state index contributed by atoms with van der Waals surface area (Å²) in [7, 11) is -0.567. The highest BCUT2D eigenvalue weighted by molar-refractivity contribution is 6.61. The number of amides is 1. The van der Waals surface area contributed by atoms with Gasteiger partial charge in [-0.05, 0) is 52.3 Å². The minimum Gasteiger partial charge on any atom is -0.444 e. The highest BCUT2D eigenvalue weighted by Crippen LogP contribution is 2.26. The summed E-state index contributed by atoms with van der Waals surface area (Å²) in [5, 5.41) is 0.331. The Morgan fingerprint density at radius 1 is 1.37 bits per heavy atom. The van der Waals surface area contributed by atoms with Gasteiger partial charge in [-0.25, -0.2) is 9.78 Å². The first-order valence-electron chi connectivity index (χ1n) is 10.5. The van der Waals surface area contributed by atoms with Crippen LogP contribution in [0.25, 0.3) is 0 Å². The van der Waals surface area contributed by atoms with Crippen LogP contribution in [0.1, 0.15) is 66.6 Å². The average Bonchev–Trinajstić information content (AvgIpc) is 3.00. The van der Waals surface area contributed by atoms with E-state index >= 15 is 0 Å². The molecule has 3 heterocycles. The molecule has 0 spiro atoms. The highest BCUT2D eigenvalue weighted by atomic mass is 35.5. The second kappa shape index (κ2) is 10.3. The zero-order chi connectivity index (χ0) is 22.5. The number of aromatic nitrogens is 1. The summed E-state index contributed by atoms with van der Waals surface area (Å²) >= 11 is 6.22. The molecule has 2 aliphatic rings. The Hall–Kier alpha value is -1.35. The van der Waals surface area contributed by atoms with Crippen molar-refractivity contribution in [3.8, 4) is 0 Å². The predicted molar refractivity (Wildman–Crippen MR) is 118 cm³/mol. The molecular weight excluding hydrogens is 407 g/mol. The minimum atomic E-state index is -0.567. The number of nitrogens with zero attached hydrogens (tertiary/aromatic N) is 2. The molecule has 1 aromatic rings. The van der Waals surface area contributed by atoms with Crippen molar-refractivity contribution >= 4 is 30.4 Å². The molecule has 0 aliphatic carbocycles. The Labute approximate surface area is 185 Å². The molecule has 1 amide bonds. The van der Waals surface area contributed by atoms with E-state index in [0.29, 0.717) is 37.0 Å². The van der Waals surface area contributed by atoms with E-state index in [1.54, 1.807) is 11.0 Å². The smallest absolute Gasteiger partial charge is 0.444 e. The van der Waals surface area contributed by atoms with Gasteiger partial charge in [-0.2, -0.15) is 0 Å². The van der Waals surface area contributed by atoms with E-state index in [-0.39, 0.29) is 17.8 Å². The number of rotatable bonds is 2. The summed E-state index contributed by atoms with van der Waals surface area (Å²) in [6, 6.07) is 3.61. The van der Waals surface area contributed by atoms with Crippen LogP contribution in [-0.4, -0.2) is 60.6 Å². The third-order valence-electron chi connectivity index (χ3n) is 4.18. The summed E-state index contributed by atoms with van der Waals surface area (Å²) in [6.45, 7) is 15.5. The lowest BCUT2D eigenvalue weighted by Gasteiger charge is -2.34. The molecule has 2 aliphatic heterocycles. The SMILES string of the molecule is CC(C)(C)OC(=O)N1CCOC(c2cc(Cl)nc(B3OCC(C)(C)O3)c2)C1.CCC. The molecule has 0 radical (unpaired) electrons. The van der Waals surface area contributed by atoms with Crippen LogP contribution in [0, 0.1) is 0 Å². The summed E-state index contributed by atoms with van der Waals surface area (Å²) in [5.74, 6) is 0. The van der Waals surface area contributed by atoms with Gasteiger partial charge in [0.25, 0.3) is 0 Å². The molecule has 2 fully saturated rings. The summed E-state index contributed by atoms with van der Waals surface area (Å²) in [6.07, 6.45) is 0.584. The molecule has 0 aromatic carbocycles. The summed E-state index contributed by atoms with van der Waals surface area (Å²) in [4.78, 5) is 18.4. The van der Waals surface area contributed by atoms with Crippen LogP contribution in [0.4, 0.5) is 4.79 Å². The van der Waals surface area contributed by atoms with Crippen LogP contribution in [-0.2, 0) is 18.8 Å². The monoisotopic (exact) mass is 440 g/mol. The molecule has 7 nitrogen and oxygen atoms in total. The van der Waals surface area contributed by atoms with Gasteiger partial charge in [-0.3, -0.25) is 0 Å². The lowest BCUT2D eigenvalue weighted by Crippen LogP contribution is -2.45. The number of pyridine rings is 1. The molecule has 1 aromatic heterocycles. The number of carbonyl (C=O) groups is 1. The Balaban J connectivity index is 0.00000101. The van der Waals surface area contributed by atoms with Gasteiger partial charge in [0, 0.05) is 6.54 Å². The van der Waals surface area contributed by atoms with Gasteiger partial charge in [0.1, 0.15) is 16.9 Å². The van der Waals surface area contributed by atoms with E-state index in [0.717, 1.165) is 5.56 Å². The van der Waals surface area contributed by atoms with Gasteiger partial charge in [0.2, 0.25) is 0 Å². The maximum Gasteiger partial charge on any atom is 0.514 e. The maximum atomic E-state index is 12.4. The highest BCUT2D eigenvalue weighted by Gasteiger charge is 2.40. The third kappa shape index (κ3) is 7.41. The third-order valence-corrected chi connectivity index (χ3v) is 4.37. The summed E-state index contributed by atoms with van der Waals surface area (Å²) < 4.78 is 22.9. The van der Waals surface area contributed by atoms with Crippen molar-refractivity contribution in [1.82, 2.24) is 9.88 Å². The van der Waals surface area contributed by atoms with Crippen molar-refractivity contribution in [3.05, 3.63) is 22.8 Å². The molecule has 168 valence electrons. The normalized spacial score (nSPS) is 21.1. The molecule has 9 heteroatoms. The van der Waals surface area contributed by atoms with Crippen molar-refractivity contribution in [2.24, 2.45) is 0 Å². The molecule has 1 unspecified atom stereocenters. The van der Waals surface area contributed by atoms with E-state index in [2.05, 4.69) is 18.8 Å². The number of hydrogen-bond donors (Lipinski definition) is 0. The first-order valence-corrected chi connectivity index (χ1v) is 10.9. The van der Waals surface area contributed by atoms with Crippen LogP contribution >= 0.6 is 11.6 Å². The van der Waals surface area contributed by atoms with Crippen molar-refractivity contribution in [2.75, 3.05) is 26.3 Å². The topological polar surface area (TPSA) is 70.1 Å². The lowest BCUT2D eigenvalue weighted by atomic mass is 9.83. The van der Waals surface area contributed by atoms with Gasteiger partial charge in [-0.1, -0.05) is 31.9 Å². The number of carbonyl (C=O) groups excluding carboxylic acids is 1. The molecule has 0 N–H and O–H groups in total. The van der Waals surface area contributed by atoms with E-state index in [1.807, 2.05) is 40.7 Å². The average molecular weight is 441 g/mol. The first-order chi connectivity index (χ1) is 13.9. The van der Waals surface area contributed by atoms with Crippen molar-refractivity contribution in [1.29, 1.82) is 0 Å². The second-order valence-electron chi connectivity index (χ2n) is 9.16. The minimum absolute atomic E-state index is 0.320. The van der Waals surface area contributed by atoms with Crippen LogP contribution in [0.2, 0.25) is 5.15 Å². The van der Waals surface area contributed by atoms with E-state index in [4.69, 9.17) is 30.4 Å². The quantitative estimate of drug-likeness (QED) is 0.512. The van der Waals surface area contributed by atoms with Crippen molar-refractivity contribution < 1.29 is 23.6 Å². The molecule has 0 saturated carbocycles. The fourth-order valence-corrected chi connectivity index (χ4v) is 3.19. The van der Waals surface area contributed by atoms with Gasteiger partial charge in [0.15, 0.2) is 0 Å². The molecule has 1 atom stereocenters. The van der Waals surface area contributed by atoms with Gasteiger partial charge >= 0.3 is 13.2 Å². The van der Waals surface area contributed by atoms with Gasteiger partial charge < -0.3 is 23.7 Å². The maximum absolute atomic E-state index is 12.4. The Morgan fingerprint density at radius 2 is 2.03 bits per heavy atom. The summed E-state index contributed by atoms with van der Waals surface area (Å²) in [5.41, 5.74) is 0.516. The largest absolute Gasteiger partial charge is 0.514 e.